The lowest BCUT2D eigenvalue weighted by molar-refractivity contribution is 0.104. The molecule has 32 heavy (non-hydrogen) atoms. The Bertz CT molecular complexity index is 1500. The van der Waals surface area contributed by atoms with E-state index in [0.29, 0.717) is 28.0 Å². The summed E-state index contributed by atoms with van der Waals surface area (Å²) in [7, 11) is 0. The van der Waals surface area contributed by atoms with Crippen molar-refractivity contribution in [3.05, 3.63) is 105 Å². The number of nitrogens with zero attached hydrogens (tertiary/aromatic N) is 2. The number of carbonyl (C=O) groups is 1. The number of ketones is 1. The molecule has 0 bridgehead atoms. The Morgan fingerprint density at radius 3 is 2.34 bits per heavy atom. The van der Waals surface area contributed by atoms with Gasteiger partial charge in [0.25, 0.3) is 0 Å². The number of allylic oxidation sites excluding steroid dienone is 3. The number of rotatable bonds is 3. The number of Topliss-reactive ketones (excluding diaryl/α,β-unsaturated/α-hetero) is 1. The van der Waals surface area contributed by atoms with Crippen LogP contribution in [0.25, 0.3) is 34.1 Å². The van der Waals surface area contributed by atoms with Crippen LogP contribution < -0.4 is 0 Å². The Morgan fingerprint density at radius 2 is 1.62 bits per heavy atom. The third kappa shape index (κ3) is 3.37. The van der Waals surface area contributed by atoms with Crippen LogP contribution in [0.2, 0.25) is 0 Å². The summed E-state index contributed by atoms with van der Waals surface area (Å²) in [6, 6.07) is 24.7. The summed E-state index contributed by atoms with van der Waals surface area (Å²) in [5, 5.41) is 18.9. The maximum Gasteiger partial charge on any atom is 0.194 e. The molecule has 2 aromatic carbocycles. The van der Waals surface area contributed by atoms with Gasteiger partial charge in [-0.2, -0.15) is 10.5 Å². The summed E-state index contributed by atoms with van der Waals surface area (Å²) in [4.78, 5) is 14.1. The van der Waals surface area contributed by atoms with Crippen LogP contribution in [0.15, 0.2) is 82.3 Å². The zero-order valence-corrected chi connectivity index (χ0v) is 17.5. The lowest BCUT2D eigenvalue weighted by atomic mass is 9.99. The number of nitriles is 2. The highest BCUT2D eigenvalue weighted by Crippen LogP contribution is 2.40. The first-order valence-electron chi connectivity index (χ1n) is 9.85. The maximum atomic E-state index is 13.0. The molecule has 4 aromatic rings. The minimum absolute atomic E-state index is 0.0868. The van der Waals surface area contributed by atoms with E-state index in [4.69, 9.17) is 4.42 Å². The van der Waals surface area contributed by atoms with Crippen molar-refractivity contribution >= 4 is 51.2 Å². The van der Waals surface area contributed by atoms with Crippen LogP contribution in [0, 0.1) is 22.7 Å². The van der Waals surface area contributed by atoms with Crippen molar-refractivity contribution in [3.8, 4) is 12.1 Å². The Kier molecular flexibility index (Phi) is 4.88. The van der Waals surface area contributed by atoms with E-state index in [-0.39, 0.29) is 11.4 Å². The molecule has 150 valence electrons. The second kappa shape index (κ2) is 8.00. The average Bonchev–Trinajstić information content (AvgIpc) is 3.46. The Morgan fingerprint density at radius 1 is 0.906 bits per heavy atom. The van der Waals surface area contributed by atoms with Gasteiger partial charge in [0.15, 0.2) is 5.78 Å². The van der Waals surface area contributed by atoms with Gasteiger partial charge in [0, 0.05) is 27.7 Å². The minimum atomic E-state index is -0.218. The summed E-state index contributed by atoms with van der Waals surface area (Å²) >= 11 is 1.59. The molecule has 4 nitrogen and oxygen atoms in total. The molecule has 0 N–H and O–H groups in total. The first-order chi connectivity index (χ1) is 15.7. The third-order valence-electron chi connectivity index (χ3n) is 5.20. The summed E-state index contributed by atoms with van der Waals surface area (Å²) in [6.07, 6.45) is 5.71. The largest absolute Gasteiger partial charge is 0.456 e. The summed E-state index contributed by atoms with van der Waals surface area (Å²) in [5.41, 5.74) is 3.51. The highest BCUT2D eigenvalue weighted by Gasteiger charge is 2.32. The number of hydrogen-bond acceptors (Lipinski definition) is 5. The average molecular weight is 430 g/mol. The first kappa shape index (κ1) is 19.5. The van der Waals surface area contributed by atoms with Gasteiger partial charge in [0.05, 0.1) is 4.70 Å². The van der Waals surface area contributed by atoms with Crippen molar-refractivity contribution in [2.24, 2.45) is 0 Å². The van der Waals surface area contributed by atoms with E-state index in [9.17, 15) is 15.3 Å². The molecule has 0 saturated heterocycles. The summed E-state index contributed by atoms with van der Waals surface area (Å²) in [6.45, 7) is 0. The van der Waals surface area contributed by atoms with Crippen LogP contribution in [0.4, 0.5) is 0 Å². The van der Waals surface area contributed by atoms with Crippen molar-refractivity contribution < 1.29 is 9.21 Å². The maximum absolute atomic E-state index is 13.0. The fourth-order valence-electron chi connectivity index (χ4n) is 3.76. The predicted octanol–water partition coefficient (Wildman–Crippen LogP) is 6.75. The van der Waals surface area contributed by atoms with Crippen LogP contribution in [0.3, 0.4) is 0 Å². The van der Waals surface area contributed by atoms with Gasteiger partial charge in [-0.15, -0.1) is 11.3 Å². The Hall–Kier alpha value is -4.45. The topological polar surface area (TPSA) is 77.8 Å². The van der Waals surface area contributed by atoms with Crippen molar-refractivity contribution in [1.29, 1.82) is 10.5 Å². The van der Waals surface area contributed by atoms with E-state index >= 15 is 0 Å². The molecule has 1 aliphatic carbocycles. The first-order valence-corrected chi connectivity index (χ1v) is 10.7. The monoisotopic (exact) mass is 430 g/mol. The van der Waals surface area contributed by atoms with E-state index < -0.39 is 0 Å². The molecule has 2 heterocycles. The zero-order valence-electron chi connectivity index (χ0n) is 16.7. The molecule has 0 radical (unpaired) electrons. The second-order valence-corrected chi connectivity index (χ2v) is 8.29. The normalized spacial score (nSPS) is 14.1. The Labute approximate surface area is 188 Å². The van der Waals surface area contributed by atoms with Gasteiger partial charge in [-0.1, -0.05) is 60.7 Å². The van der Waals surface area contributed by atoms with Crippen LogP contribution in [0.5, 0.6) is 0 Å². The molecule has 5 rings (SSSR count). The molecule has 0 spiro atoms. The van der Waals surface area contributed by atoms with Crippen LogP contribution in [0.1, 0.15) is 32.1 Å². The number of thiophene rings is 1. The van der Waals surface area contributed by atoms with Crippen molar-refractivity contribution in [2.45, 2.75) is 0 Å². The third-order valence-corrected chi connectivity index (χ3v) is 6.23. The molecule has 0 amide bonds. The Balaban J connectivity index is 1.52. The van der Waals surface area contributed by atoms with Crippen molar-refractivity contribution in [1.82, 2.24) is 0 Å². The fourth-order valence-corrected chi connectivity index (χ4v) is 4.69. The molecule has 0 atom stereocenters. The van der Waals surface area contributed by atoms with E-state index in [0.717, 1.165) is 20.7 Å². The lowest BCUT2D eigenvalue weighted by Crippen LogP contribution is -1.95. The SMILES string of the molecule is N#CC(C#N)=C1/C(=C/c2cc3sc(/C=C/c4ccccc4)cc3o2)C(=O)c2ccccc21. The molecule has 5 heteroatoms. The fraction of sp³-hybridized carbons (Fsp3) is 0. The van der Waals surface area contributed by atoms with Crippen LogP contribution in [-0.2, 0) is 0 Å². The number of fused-ring (bicyclic) bond motifs is 2. The molecular formula is C27H14N2O2S. The number of hydrogen-bond donors (Lipinski definition) is 0. The molecule has 0 saturated carbocycles. The number of carbonyl (C=O) groups excluding carboxylic acids is 1. The van der Waals surface area contributed by atoms with Gasteiger partial charge in [-0.3, -0.25) is 4.79 Å². The predicted molar refractivity (Wildman–Crippen MR) is 126 cm³/mol. The molecule has 0 fully saturated rings. The van der Waals surface area contributed by atoms with E-state index in [1.807, 2.05) is 66.8 Å². The van der Waals surface area contributed by atoms with Crippen LogP contribution >= 0.6 is 11.3 Å². The summed E-state index contributed by atoms with van der Waals surface area (Å²) in [5.74, 6) is 0.290. The van der Waals surface area contributed by atoms with Gasteiger partial charge in [-0.25, -0.2) is 0 Å². The van der Waals surface area contributed by atoms with E-state index in [2.05, 4.69) is 0 Å². The molecule has 0 unspecified atom stereocenters. The molecular weight excluding hydrogens is 416 g/mol. The number of furan rings is 1. The second-order valence-electron chi connectivity index (χ2n) is 7.18. The smallest absolute Gasteiger partial charge is 0.194 e. The molecule has 0 aliphatic heterocycles. The van der Waals surface area contributed by atoms with Gasteiger partial charge in [0.1, 0.15) is 29.1 Å². The van der Waals surface area contributed by atoms with Gasteiger partial charge >= 0.3 is 0 Å². The quantitative estimate of drug-likeness (QED) is 0.266. The summed E-state index contributed by atoms with van der Waals surface area (Å²) < 4.78 is 6.92. The van der Waals surface area contributed by atoms with Gasteiger partial charge in [0.2, 0.25) is 0 Å². The van der Waals surface area contributed by atoms with Crippen LogP contribution in [-0.4, -0.2) is 5.78 Å². The van der Waals surface area contributed by atoms with E-state index in [1.165, 1.54) is 0 Å². The van der Waals surface area contributed by atoms with Gasteiger partial charge in [-0.05, 0) is 29.3 Å². The highest BCUT2D eigenvalue weighted by atomic mass is 32.1. The zero-order chi connectivity index (χ0) is 22.1. The van der Waals surface area contributed by atoms with Crippen molar-refractivity contribution in [3.63, 3.8) is 0 Å². The molecule has 2 aromatic heterocycles. The lowest BCUT2D eigenvalue weighted by Gasteiger charge is -2.00. The van der Waals surface area contributed by atoms with E-state index in [1.54, 1.807) is 41.7 Å². The number of benzene rings is 2. The molecule has 1 aliphatic rings. The standard InChI is InChI=1S/C27H14N2O2S/c28-15-18(16-29)26-21-8-4-5-9-22(21)27(30)23(26)12-19-13-25-24(31-19)14-20(32-25)11-10-17-6-2-1-3-7-17/h1-14H/b11-10+,23-12-. The highest BCUT2D eigenvalue weighted by molar-refractivity contribution is 7.19. The van der Waals surface area contributed by atoms with Gasteiger partial charge < -0.3 is 4.42 Å². The minimum Gasteiger partial charge on any atom is -0.456 e. The van der Waals surface area contributed by atoms with Crippen molar-refractivity contribution in [2.75, 3.05) is 0 Å².